The standard InChI is InChI=1S/C22H26FN5O2/c23-17-3-1-2-16(12-17)21(30)27-10-8-22(14-27)7-6-18-25-26-19(28(18)11-9-22)20(29)24-13-15-4-5-15/h1-3,12,15H,4-11,13-14H2,(H,24,29)/t22-/m0/s1. The average Bonchev–Trinajstić information content (AvgIpc) is 3.39. The molecule has 0 radical (unpaired) electrons. The van der Waals surface area contributed by atoms with Crippen LogP contribution < -0.4 is 5.32 Å². The van der Waals surface area contributed by atoms with Crippen LogP contribution in [0, 0.1) is 17.2 Å². The smallest absolute Gasteiger partial charge is 0.289 e. The molecule has 2 fully saturated rings. The first-order valence-corrected chi connectivity index (χ1v) is 10.8. The van der Waals surface area contributed by atoms with Gasteiger partial charge in [0.2, 0.25) is 5.82 Å². The Labute approximate surface area is 174 Å². The van der Waals surface area contributed by atoms with Gasteiger partial charge in [0, 0.05) is 38.2 Å². The summed E-state index contributed by atoms with van der Waals surface area (Å²) < 4.78 is 15.5. The van der Waals surface area contributed by atoms with Gasteiger partial charge in [0.05, 0.1) is 0 Å². The number of rotatable bonds is 4. The molecule has 0 bridgehead atoms. The zero-order chi connectivity index (χ0) is 20.7. The van der Waals surface area contributed by atoms with Crippen LogP contribution in [0.1, 0.15) is 58.9 Å². The van der Waals surface area contributed by atoms with E-state index in [-0.39, 0.29) is 17.2 Å². The van der Waals surface area contributed by atoms with Gasteiger partial charge < -0.3 is 14.8 Å². The molecule has 7 nitrogen and oxygen atoms in total. The predicted octanol–water partition coefficient (Wildman–Crippen LogP) is 2.43. The molecule has 158 valence electrons. The minimum Gasteiger partial charge on any atom is -0.349 e. The van der Waals surface area contributed by atoms with Crippen molar-refractivity contribution in [3.8, 4) is 0 Å². The highest BCUT2D eigenvalue weighted by Gasteiger charge is 2.41. The highest BCUT2D eigenvalue weighted by atomic mass is 19.1. The first kappa shape index (κ1) is 19.2. The zero-order valence-electron chi connectivity index (χ0n) is 16.9. The number of halogens is 1. The molecule has 1 aromatic heterocycles. The van der Waals surface area contributed by atoms with Gasteiger partial charge in [0.1, 0.15) is 11.6 Å². The molecule has 8 heteroatoms. The number of amides is 2. The van der Waals surface area contributed by atoms with E-state index in [0.29, 0.717) is 43.5 Å². The number of hydrogen-bond acceptors (Lipinski definition) is 4. The third kappa shape index (κ3) is 3.70. The number of fused-ring (bicyclic) bond motifs is 1. The molecule has 5 rings (SSSR count). The fourth-order valence-corrected chi connectivity index (χ4v) is 4.73. The van der Waals surface area contributed by atoms with Gasteiger partial charge in [-0.25, -0.2) is 4.39 Å². The minimum atomic E-state index is -0.394. The van der Waals surface area contributed by atoms with Crippen molar-refractivity contribution in [2.24, 2.45) is 11.3 Å². The van der Waals surface area contributed by atoms with E-state index >= 15 is 0 Å². The fourth-order valence-electron chi connectivity index (χ4n) is 4.73. The van der Waals surface area contributed by atoms with Crippen LogP contribution in [0.5, 0.6) is 0 Å². The van der Waals surface area contributed by atoms with Crippen molar-refractivity contribution in [2.75, 3.05) is 19.6 Å². The Morgan fingerprint density at radius 1 is 1.17 bits per heavy atom. The van der Waals surface area contributed by atoms with E-state index in [1.807, 2.05) is 9.47 Å². The minimum absolute atomic E-state index is 0.00540. The first-order valence-electron chi connectivity index (χ1n) is 10.8. The van der Waals surface area contributed by atoms with Crippen molar-refractivity contribution in [1.29, 1.82) is 0 Å². The number of benzene rings is 1. The topological polar surface area (TPSA) is 80.1 Å². The van der Waals surface area contributed by atoms with Crippen molar-refractivity contribution >= 4 is 11.8 Å². The molecule has 0 unspecified atom stereocenters. The molecule has 2 amide bonds. The quantitative estimate of drug-likeness (QED) is 0.838. The van der Waals surface area contributed by atoms with E-state index in [4.69, 9.17) is 0 Å². The summed E-state index contributed by atoms with van der Waals surface area (Å²) in [6.07, 6.45) is 5.80. The van der Waals surface area contributed by atoms with Gasteiger partial charge in [-0.3, -0.25) is 9.59 Å². The Hall–Kier alpha value is -2.77. The molecule has 3 aliphatic rings. The van der Waals surface area contributed by atoms with Crippen LogP contribution >= 0.6 is 0 Å². The van der Waals surface area contributed by atoms with Crippen LogP contribution in [0.3, 0.4) is 0 Å². The molecule has 1 aromatic carbocycles. The second kappa shape index (κ2) is 7.49. The third-order valence-electron chi connectivity index (χ3n) is 6.82. The van der Waals surface area contributed by atoms with Crippen molar-refractivity contribution < 1.29 is 14.0 Å². The van der Waals surface area contributed by atoms with E-state index in [1.54, 1.807) is 12.1 Å². The number of nitrogens with one attached hydrogen (secondary N) is 1. The maximum Gasteiger partial charge on any atom is 0.289 e. The van der Waals surface area contributed by atoms with Crippen molar-refractivity contribution in [3.05, 3.63) is 47.3 Å². The van der Waals surface area contributed by atoms with Crippen LogP contribution in [0.15, 0.2) is 24.3 Å². The van der Waals surface area contributed by atoms with E-state index in [1.165, 1.54) is 25.0 Å². The van der Waals surface area contributed by atoms with Crippen LogP contribution in [-0.4, -0.2) is 51.1 Å². The summed E-state index contributed by atoms with van der Waals surface area (Å²) in [7, 11) is 0. The Balaban J connectivity index is 1.26. The number of aromatic nitrogens is 3. The summed E-state index contributed by atoms with van der Waals surface area (Å²) in [6, 6.07) is 5.88. The maximum atomic E-state index is 13.5. The van der Waals surface area contributed by atoms with Crippen molar-refractivity contribution in [2.45, 2.75) is 45.1 Å². The van der Waals surface area contributed by atoms with E-state index in [9.17, 15) is 14.0 Å². The molecule has 1 saturated heterocycles. The summed E-state index contributed by atoms with van der Waals surface area (Å²) in [5.41, 5.74) is 0.401. The lowest BCUT2D eigenvalue weighted by molar-refractivity contribution is 0.0766. The highest BCUT2D eigenvalue weighted by Crippen LogP contribution is 2.41. The number of aryl methyl sites for hydroxylation is 1. The predicted molar refractivity (Wildman–Crippen MR) is 107 cm³/mol. The number of carbonyl (C=O) groups is 2. The van der Waals surface area contributed by atoms with Crippen molar-refractivity contribution in [1.82, 2.24) is 25.0 Å². The molecular formula is C22H26FN5O2. The van der Waals surface area contributed by atoms with Crippen LogP contribution in [0.2, 0.25) is 0 Å². The maximum absolute atomic E-state index is 13.5. The molecule has 2 aliphatic heterocycles. The molecule has 30 heavy (non-hydrogen) atoms. The van der Waals surface area contributed by atoms with Crippen molar-refractivity contribution in [3.63, 3.8) is 0 Å². The van der Waals surface area contributed by atoms with Gasteiger partial charge in [-0.05, 0) is 61.6 Å². The normalized spacial score (nSPS) is 23.3. The zero-order valence-corrected chi connectivity index (χ0v) is 16.9. The Bertz CT molecular complexity index is 986. The SMILES string of the molecule is O=C(NCC1CC1)c1nnc2n1CC[C@]1(CC2)CCN(C(=O)c2cccc(F)c2)C1. The van der Waals surface area contributed by atoms with Gasteiger partial charge >= 0.3 is 0 Å². The summed E-state index contributed by atoms with van der Waals surface area (Å²) >= 11 is 0. The Kier molecular flexibility index (Phi) is 4.79. The third-order valence-corrected chi connectivity index (χ3v) is 6.82. The summed E-state index contributed by atoms with van der Waals surface area (Å²) in [4.78, 5) is 27.2. The number of nitrogens with zero attached hydrogens (tertiary/aromatic N) is 4. The van der Waals surface area contributed by atoms with E-state index in [2.05, 4.69) is 15.5 Å². The lowest BCUT2D eigenvalue weighted by Gasteiger charge is -2.27. The molecule has 1 atom stereocenters. The molecule has 1 saturated carbocycles. The first-order chi connectivity index (χ1) is 14.5. The Morgan fingerprint density at radius 3 is 2.80 bits per heavy atom. The lowest BCUT2D eigenvalue weighted by Crippen LogP contribution is -2.33. The molecule has 3 heterocycles. The molecule has 2 aromatic rings. The average molecular weight is 411 g/mol. The monoisotopic (exact) mass is 411 g/mol. The Morgan fingerprint density at radius 2 is 2.00 bits per heavy atom. The van der Waals surface area contributed by atoms with Gasteiger partial charge in [-0.1, -0.05) is 6.07 Å². The molecule has 1 aliphatic carbocycles. The van der Waals surface area contributed by atoms with Crippen LogP contribution in [0.25, 0.3) is 0 Å². The second-order valence-corrected chi connectivity index (χ2v) is 8.98. The summed E-state index contributed by atoms with van der Waals surface area (Å²) in [5, 5.41) is 11.4. The van der Waals surface area contributed by atoms with Gasteiger partial charge in [-0.15, -0.1) is 10.2 Å². The molecule has 1 N–H and O–H groups in total. The van der Waals surface area contributed by atoms with Crippen LogP contribution in [-0.2, 0) is 13.0 Å². The lowest BCUT2D eigenvalue weighted by atomic mass is 9.80. The molecule has 1 spiro atoms. The summed E-state index contributed by atoms with van der Waals surface area (Å²) in [6.45, 7) is 2.72. The van der Waals surface area contributed by atoms with Gasteiger partial charge in [0.25, 0.3) is 11.8 Å². The number of likely N-dealkylation sites (tertiary alicyclic amines) is 1. The van der Waals surface area contributed by atoms with Gasteiger partial charge in [0.15, 0.2) is 0 Å². The van der Waals surface area contributed by atoms with E-state index in [0.717, 1.165) is 31.5 Å². The number of carbonyl (C=O) groups excluding carboxylic acids is 2. The summed E-state index contributed by atoms with van der Waals surface area (Å²) in [5.74, 6) is 1.20. The fraction of sp³-hybridized carbons (Fsp3) is 0.545. The number of hydrogen-bond donors (Lipinski definition) is 1. The van der Waals surface area contributed by atoms with Gasteiger partial charge in [-0.2, -0.15) is 0 Å². The largest absolute Gasteiger partial charge is 0.349 e. The molecular weight excluding hydrogens is 385 g/mol. The van der Waals surface area contributed by atoms with Crippen LogP contribution in [0.4, 0.5) is 4.39 Å². The second-order valence-electron chi connectivity index (χ2n) is 8.98. The van der Waals surface area contributed by atoms with E-state index < -0.39 is 5.82 Å². The highest BCUT2D eigenvalue weighted by molar-refractivity contribution is 5.94.